The van der Waals surface area contributed by atoms with Crippen LogP contribution in [0.15, 0.2) is 36.0 Å². The molecule has 0 aliphatic carbocycles. The van der Waals surface area contributed by atoms with Gasteiger partial charge in [-0.15, -0.1) is 11.3 Å². The van der Waals surface area contributed by atoms with E-state index >= 15 is 0 Å². The number of carboxylic acid groups (broad SMARTS) is 1. The number of fused-ring (bicyclic) bond motifs is 1. The first-order valence-electron chi connectivity index (χ1n) is 7.54. The van der Waals surface area contributed by atoms with E-state index < -0.39 is 12.0 Å². The predicted octanol–water partition coefficient (Wildman–Crippen LogP) is 2.39. The number of hydrogen-bond donors (Lipinski definition) is 3. The van der Waals surface area contributed by atoms with Gasteiger partial charge in [0.15, 0.2) is 5.11 Å². The van der Waals surface area contributed by atoms with Crippen molar-refractivity contribution >= 4 is 52.7 Å². The van der Waals surface area contributed by atoms with E-state index in [1.54, 1.807) is 18.2 Å². The summed E-state index contributed by atoms with van der Waals surface area (Å²) < 4.78 is 0. The zero-order chi connectivity index (χ0) is 18.4. The Kier molecular flexibility index (Phi) is 3.82. The number of thiophene rings is 1. The summed E-state index contributed by atoms with van der Waals surface area (Å²) in [7, 11) is 0. The third kappa shape index (κ3) is 2.76. The Morgan fingerprint density at radius 2 is 2.04 bits per heavy atom. The van der Waals surface area contributed by atoms with Crippen molar-refractivity contribution in [3.63, 3.8) is 0 Å². The lowest BCUT2D eigenvalue weighted by atomic mass is 10.1. The van der Waals surface area contributed by atoms with E-state index in [0.717, 1.165) is 20.2 Å². The Hall–Kier alpha value is -3.04. The molecule has 3 amide bonds. The summed E-state index contributed by atoms with van der Waals surface area (Å²) in [6, 6.07) is 9.06. The van der Waals surface area contributed by atoms with Crippen molar-refractivity contribution in [3.05, 3.63) is 52.0 Å². The number of nitrogens with one attached hydrogen (secondary N) is 2. The highest BCUT2D eigenvalue weighted by molar-refractivity contribution is 7.80. The molecular formula is C17H11N3O4S2. The van der Waals surface area contributed by atoms with Gasteiger partial charge >= 0.3 is 6.09 Å². The second-order valence-electron chi connectivity index (χ2n) is 5.71. The van der Waals surface area contributed by atoms with Crippen LogP contribution in [0.4, 0.5) is 4.79 Å². The Morgan fingerprint density at radius 1 is 1.23 bits per heavy atom. The van der Waals surface area contributed by atoms with E-state index in [1.165, 1.54) is 11.3 Å². The molecule has 0 atom stereocenters. The highest BCUT2D eigenvalue weighted by Gasteiger charge is 2.32. The first-order valence-corrected chi connectivity index (χ1v) is 8.77. The van der Waals surface area contributed by atoms with Crippen molar-refractivity contribution in [3.8, 4) is 10.4 Å². The van der Waals surface area contributed by atoms with Crippen LogP contribution in [-0.2, 0) is 11.3 Å². The maximum absolute atomic E-state index is 12.0. The molecule has 1 saturated heterocycles. The van der Waals surface area contributed by atoms with Gasteiger partial charge in [0.05, 0.1) is 6.54 Å². The van der Waals surface area contributed by atoms with Crippen LogP contribution >= 0.6 is 23.6 Å². The summed E-state index contributed by atoms with van der Waals surface area (Å²) in [4.78, 5) is 37.4. The quantitative estimate of drug-likeness (QED) is 0.542. The van der Waals surface area contributed by atoms with Crippen LogP contribution in [-0.4, -0.2) is 33.0 Å². The fraction of sp³-hybridized carbons (Fsp3) is 0.0588. The Labute approximate surface area is 156 Å². The van der Waals surface area contributed by atoms with Gasteiger partial charge < -0.3 is 10.4 Å². The van der Waals surface area contributed by atoms with Gasteiger partial charge in [-0.3, -0.25) is 14.9 Å². The summed E-state index contributed by atoms with van der Waals surface area (Å²) in [5.74, 6) is -0.764. The minimum Gasteiger partial charge on any atom is -0.465 e. The fourth-order valence-electron chi connectivity index (χ4n) is 2.84. The molecule has 0 spiro atoms. The smallest absolute Gasteiger partial charge is 0.414 e. The Morgan fingerprint density at radius 3 is 2.73 bits per heavy atom. The van der Waals surface area contributed by atoms with Crippen molar-refractivity contribution in [2.75, 3.05) is 0 Å². The molecule has 1 aromatic heterocycles. The molecule has 0 saturated carbocycles. The van der Waals surface area contributed by atoms with Gasteiger partial charge in [0.2, 0.25) is 0 Å². The number of imide groups is 1. The first-order chi connectivity index (χ1) is 12.4. The molecule has 130 valence electrons. The number of rotatable bonds is 2. The number of amides is 3. The predicted molar refractivity (Wildman–Crippen MR) is 99.5 cm³/mol. The molecule has 7 nitrogen and oxygen atoms in total. The second kappa shape index (κ2) is 6.04. The standard InChI is InChI=1S/C17H11N3O4S2/c21-14-12(18-16(25)19-14)6-10-2-4-13(26-10)8-1-3-11-9(5-8)7-20(15(11)22)17(23)24/h1-6H,7H2,(H,23,24)(H2,18,19,21,25). The number of carbonyl (C=O) groups excluding carboxylic acids is 2. The lowest BCUT2D eigenvalue weighted by Crippen LogP contribution is -2.29. The largest absolute Gasteiger partial charge is 0.465 e. The first kappa shape index (κ1) is 16.4. The highest BCUT2D eigenvalue weighted by atomic mass is 32.1. The number of benzene rings is 1. The zero-order valence-corrected chi connectivity index (χ0v) is 14.7. The van der Waals surface area contributed by atoms with Gasteiger partial charge in [0.25, 0.3) is 11.8 Å². The van der Waals surface area contributed by atoms with Gasteiger partial charge in [0, 0.05) is 15.3 Å². The van der Waals surface area contributed by atoms with Crippen LogP contribution in [0.2, 0.25) is 0 Å². The van der Waals surface area contributed by atoms with Crippen molar-refractivity contribution in [2.45, 2.75) is 6.54 Å². The topological polar surface area (TPSA) is 98.7 Å². The molecule has 2 aromatic rings. The van der Waals surface area contributed by atoms with Crippen LogP contribution in [0, 0.1) is 0 Å². The summed E-state index contributed by atoms with van der Waals surface area (Å²) in [6.07, 6.45) is 0.462. The lowest BCUT2D eigenvalue weighted by Gasteiger charge is -2.06. The van der Waals surface area contributed by atoms with Crippen molar-refractivity contribution < 1.29 is 19.5 Å². The second-order valence-corrected chi connectivity index (χ2v) is 7.24. The molecule has 3 N–H and O–H groups in total. The molecule has 1 aromatic carbocycles. The SMILES string of the molecule is O=C1NC(=S)NC1=Cc1ccc(-c2ccc3c(c2)CN(C(=O)O)C3=O)s1. The zero-order valence-electron chi connectivity index (χ0n) is 13.1. The molecule has 3 heterocycles. The summed E-state index contributed by atoms with van der Waals surface area (Å²) in [5, 5.41) is 14.7. The number of nitrogens with zero attached hydrogens (tertiary/aromatic N) is 1. The molecule has 26 heavy (non-hydrogen) atoms. The molecule has 2 aliphatic heterocycles. The van der Waals surface area contributed by atoms with Crippen LogP contribution < -0.4 is 10.6 Å². The fourth-order valence-corrected chi connectivity index (χ4v) is 3.99. The average molecular weight is 385 g/mol. The van der Waals surface area contributed by atoms with Crippen molar-refractivity contribution in [1.29, 1.82) is 0 Å². The van der Waals surface area contributed by atoms with E-state index in [-0.39, 0.29) is 17.6 Å². The molecule has 0 radical (unpaired) electrons. The molecule has 0 bridgehead atoms. The minimum absolute atomic E-state index is 0.0567. The number of hydrogen-bond acceptors (Lipinski definition) is 5. The highest BCUT2D eigenvalue weighted by Crippen LogP contribution is 2.33. The molecule has 1 fully saturated rings. The normalized spacial score (nSPS) is 17.5. The van der Waals surface area contributed by atoms with Gasteiger partial charge in [-0.05, 0) is 53.7 Å². The van der Waals surface area contributed by atoms with Crippen LogP contribution in [0.5, 0.6) is 0 Å². The van der Waals surface area contributed by atoms with Crippen molar-refractivity contribution in [1.82, 2.24) is 15.5 Å². The number of thiocarbonyl (C=S) groups is 1. The van der Waals surface area contributed by atoms with Crippen LogP contribution in [0.1, 0.15) is 20.8 Å². The lowest BCUT2D eigenvalue weighted by molar-refractivity contribution is -0.115. The van der Waals surface area contributed by atoms with Gasteiger partial charge in [-0.25, -0.2) is 9.69 Å². The minimum atomic E-state index is -1.25. The van der Waals surface area contributed by atoms with E-state index in [9.17, 15) is 14.4 Å². The third-order valence-electron chi connectivity index (χ3n) is 4.06. The van der Waals surface area contributed by atoms with Crippen LogP contribution in [0.25, 0.3) is 16.5 Å². The summed E-state index contributed by atoms with van der Waals surface area (Å²) in [6.45, 7) is 0.0567. The third-order valence-corrected chi connectivity index (χ3v) is 5.34. The van der Waals surface area contributed by atoms with E-state index in [2.05, 4.69) is 10.6 Å². The van der Waals surface area contributed by atoms with E-state index in [4.69, 9.17) is 17.3 Å². The Balaban J connectivity index is 1.62. The molecule has 4 rings (SSSR count). The summed E-state index contributed by atoms with van der Waals surface area (Å²) >= 11 is 6.38. The summed E-state index contributed by atoms with van der Waals surface area (Å²) in [5.41, 5.74) is 2.37. The molecule has 2 aliphatic rings. The molecular weight excluding hydrogens is 374 g/mol. The Bertz CT molecular complexity index is 1020. The van der Waals surface area contributed by atoms with Crippen LogP contribution in [0.3, 0.4) is 0 Å². The molecule has 9 heteroatoms. The van der Waals surface area contributed by atoms with E-state index in [1.807, 2.05) is 18.2 Å². The van der Waals surface area contributed by atoms with Gasteiger partial charge in [-0.2, -0.15) is 0 Å². The molecule has 0 unspecified atom stereocenters. The van der Waals surface area contributed by atoms with E-state index in [0.29, 0.717) is 16.8 Å². The maximum Gasteiger partial charge on any atom is 0.414 e. The van der Waals surface area contributed by atoms with Gasteiger partial charge in [0.1, 0.15) is 5.70 Å². The average Bonchev–Trinajstić information content (AvgIpc) is 3.26. The monoisotopic (exact) mass is 385 g/mol. The maximum atomic E-state index is 12.0. The van der Waals surface area contributed by atoms with Crippen molar-refractivity contribution in [2.24, 2.45) is 0 Å². The number of carbonyl (C=O) groups is 3. The van der Waals surface area contributed by atoms with Gasteiger partial charge in [-0.1, -0.05) is 6.07 Å².